The summed E-state index contributed by atoms with van der Waals surface area (Å²) in [6, 6.07) is 2.11. The lowest BCUT2D eigenvalue weighted by atomic mass is 9.96. The number of rotatable bonds is 3. The molecule has 1 fully saturated rings. The molecule has 1 saturated heterocycles. The lowest BCUT2D eigenvalue weighted by molar-refractivity contribution is 0.331. The zero-order valence-electron chi connectivity index (χ0n) is 13.1. The average Bonchev–Trinajstić information content (AvgIpc) is 2.37. The predicted molar refractivity (Wildman–Crippen MR) is 83.8 cm³/mol. The van der Waals surface area contributed by atoms with E-state index in [0.717, 1.165) is 24.5 Å². The Bertz CT molecular complexity index is 587. The van der Waals surface area contributed by atoms with Crippen molar-refractivity contribution in [3.05, 3.63) is 18.1 Å². The van der Waals surface area contributed by atoms with Gasteiger partial charge >= 0.3 is 0 Å². The van der Waals surface area contributed by atoms with Gasteiger partial charge in [-0.3, -0.25) is 0 Å². The first kappa shape index (κ1) is 16.2. The Balaban J connectivity index is 1.98. The van der Waals surface area contributed by atoms with E-state index in [1.165, 1.54) is 10.6 Å². The molecule has 21 heavy (non-hydrogen) atoms. The zero-order valence-corrected chi connectivity index (χ0v) is 13.9. The van der Waals surface area contributed by atoms with Gasteiger partial charge in [-0.2, -0.15) is 0 Å². The average molecular weight is 312 g/mol. The molecule has 0 radical (unpaired) electrons. The van der Waals surface area contributed by atoms with Gasteiger partial charge in [0.25, 0.3) is 0 Å². The highest BCUT2D eigenvalue weighted by atomic mass is 32.2. The number of aromatic nitrogens is 2. The molecule has 1 aliphatic rings. The van der Waals surface area contributed by atoms with Crippen LogP contribution >= 0.6 is 0 Å². The molecular weight excluding hydrogens is 288 g/mol. The Morgan fingerprint density at radius 1 is 1.29 bits per heavy atom. The maximum atomic E-state index is 11.5. The molecule has 0 atom stereocenters. The first-order valence-corrected chi connectivity index (χ1v) is 9.06. The number of hydrogen-bond donors (Lipinski definition) is 1. The number of hydrogen-bond acceptors (Lipinski definition) is 5. The van der Waals surface area contributed by atoms with Crippen molar-refractivity contribution in [2.45, 2.75) is 45.1 Å². The van der Waals surface area contributed by atoms with E-state index in [-0.39, 0.29) is 11.5 Å². The quantitative estimate of drug-likeness (QED) is 0.918. The predicted octanol–water partition coefficient (Wildman–Crippen LogP) is 1.61. The van der Waals surface area contributed by atoms with Gasteiger partial charge in [-0.1, -0.05) is 20.8 Å². The van der Waals surface area contributed by atoms with Crippen LogP contribution in [0.5, 0.6) is 0 Å². The number of nitrogens with zero attached hydrogens (tertiary/aromatic N) is 3. The third-order valence-electron chi connectivity index (χ3n) is 3.60. The molecule has 1 aromatic heterocycles. The second kappa shape index (κ2) is 5.88. The van der Waals surface area contributed by atoms with Crippen LogP contribution in [0.4, 0.5) is 5.82 Å². The second-order valence-electron chi connectivity index (χ2n) is 6.60. The summed E-state index contributed by atoms with van der Waals surface area (Å²) in [5.74, 6) is 1.62. The van der Waals surface area contributed by atoms with Crippen molar-refractivity contribution in [3.8, 4) is 0 Å². The highest BCUT2D eigenvalue weighted by molar-refractivity contribution is 7.88. The Labute approximate surface area is 127 Å². The molecule has 1 N–H and O–H groups in total. The normalized spacial score (nSPS) is 18.7. The largest absolute Gasteiger partial charge is 0.367 e. The van der Waals surface area contributed by atoms with Gasteiger partial charge in [0.15, 0.2) is 0 Å². The minimum atomic E-state index is -3.07. The molecule has 7 heteroatoms. The first-order chi connectivity index (χ1) is 9.66. The van der Waals surface area contributed by atoms with Crippen LogP contribution in [0.25, 0.3) is 0 Å². The summed E-state index contributed by atoms with van der Waals surface area (Å²) in [5, 5.41) is 3.39. The van der Waals surface area contributed by atoms with E-state index in [1.54, 1.807) is 6.20 Å². The fourth-order valence-corrected chi connectivity index (χ4v) is 3.22. The van der Waals surface area contributed by atoms with Gasteiger partial charge in [0.1, 0.15) is 11.6 Å². The van der Waals surface area contributed by atoms with Crippen LogP contribution < -0.4 is 5.32 Å². The van der Waals surface area contributed by atoms with Gasteiger partial charge in [0.2, 0.25) is 10.0 Å². The third-order valence-corrected chi connectivity index (χ3v) is 4.90. The number of piperidine rings is 1. The molecule has 1 aromatic rings. The number of nitrogens with one attached hydrogen (secondary N) is 1. The van der Waals surface area contributed by atoms with Crippen LogP contribution in [0, 0.1) is 0 Å². The summed E-state index contributed by atoms with van der Waals surface area (Å²) in [6.07, 6.45) is 4.62. The van der Waals surface area contributed by atoms with E-state index >= 15 is 0 Å². The Hall–Kier alpha value is -1.21. The molecule has 0 unspecified atom stereocenters. The van der Waals surface area contributed by atoms with E-state index < -0.39 is 10.0 Å². The van der Waals surface area contributed by atoms with Crippen molar-refractivity contribution >= 4 is 15.8 Å². The van der Waals surface area contributed by atoms with Gasteiger partial charge in [-0.25, -0.2) is 22.7 Å². The highest BCUT2D eigenvalue weighted by Gasteiger charge is 2.25. The van der Waals surface area contributed by atoms with E-state index in [2.05, 4.69) is 36.1 Å². The van der Waals surface area contributed by atoms with Crippen LogP contribution in [0.2, 0.25) is 0 Å². The maximum absolute atomic E-state index is 11.5. The molecule has 0 saturated carbocycles. The van der Waals surface area contributed by atoms with E-state index in [9.17, 15) is 8.42 Å². The van der Waals surface area contributed by atoms with Crippen LogP contribution in [0.1, 0.15) is 39.4 Å². The van der Waals surface area contributed by atoms with Gasteiger partial charge in [-0.05, 0) is 18.9 Å². The van der Waals surface area contributed by atoms with E-state index in [4.69, 9.17) is 0 Å². The first-order valence-electron chi connectivity index (χ1n) is 7.21. The van der Waals surface area contributed by atoms with Crippen molar-refractivity contribution in [3.63, 3.8) is 0 Å². The molecule has 2 rings (SSSR count). The fourth-order valence-electron chi connectivity index (χ4n) is 2.34. The number of anilines is 1. The van der Waals surface area contributed by atoms with Gasteiger partial charge < -0.3 is 5.32 Å². The molecule has 1 aliphatic heterocycles. The third kappa shape index (κ3) is 4.38. The van der Waals surface area contributed by atoms with Gasteiger partial charge in [-0.15, -0.1) is 0 Å². The maximum Gasteiger partial charge on any atom is 0.211 e. The fraction of sp³-hybridized carbons (Fsp3) is 0.714. The standard InChI is InChI=1S/C14H24N4O2S/c1-14(2,3)13-15-8-5-12(17-13)16-11-6-9-18(10-7-11)21(4,19)20/h5,8,11H,6-7,9-10H2,1-4H3,(H,15,16,17). The van der Waals surface area contributed by atoms with Crippen LogP contribution in [-0.4, -0.2) is 48.1 Å². The van der Waals surface area contributed by atoms with Gasteiger partial charge in [0.05, 0.1) is 6.26 Å². The van der Waals surface area contributed by atoms with Crippen LogP contribution in [0.15, 0.2) is 12.3 Å². The van der Waals surface area contributed by atoms with Crippen LogP contribution in [-0.2, 0) is 15.4 Å². The monoisotopic (exact) mass is 312 g/mol. The summed E-state index contributed by atoms with van der Waals surface area (Å²) < 4.78 is 24.5. The molecule has 0 spiro atoms. The molecule has 0 amide bonds. The lowest BCUT2D eigenvalue weighted by Crippen LogP contribution is -2.42. The summed E-state index contributed by atoms with van der Waals surface area (Å²) in [4.78, 5) is 8.86. The zero-order chi connectivity index (χ0) is 15.7. The van der Waals surface area contributed by atoms with Crippen molar-refractivity contribution in [1.29, 1.82) is 0 Å². The summed E-state index contributed by atoms with van der Waals surface area (Å²) in [5.41, 5.74) is -0.0860. The molecule has 0 aromatic carbocycles. The summed E-state index contributed by atoms with van der Waals surface area (Å²) in [6.45, 7) is 7.37. The Kier molecular flexibility index (Phi) is 4.53. The molecule has 0 aliphatic carbocycles. The minimum absolute atomic E-state index is 0.0860. The molecular formula is C14H24N4O2S. The molecule has 2 heterocycles. The lowest BCUT2D eigenvalue weighted by Gasteiger charge is -2.31. The summed E-state index contributed by atoms with van der Waals surface area (Å²) in [7, 11) is -3.07. The van der Waals surface area contributed by atoms with Crippen molar-refractivity contribution in [2.75, 3.05) is 24.7 Å². The second-order valence-corrected chi connectivity index (χ2v) is 8.58. The SMILES string of the molecule is CC(C)(C)c1nccc(NC2CCN(S(C)(=O)=O)CC2)n1. The van der Waals surface area contributed by atoms with Crippen molar-refractivity contribution < 1.29 is 8.42 Å². The van der Waals surface area contributed by atoms with E-state index in [1.807, 2.05) is 6.07 Å². The molecule has 6 nitrogen and oxygen atoms in total. The van der Waals surface area contributed by atoms with Crippen molar-refractivity contribution in [1.82, 2.24) is 14.3 Å². The molecule has 118 valence electrons. The van der Waals surface area contributed by atoms with Crippen molar-refractivity contribution in [2.24, 2.45) is 0 Å². The topological polar surface area (TPSA) is 75.2 Å². The van der Waals surface area contributed by atoms with Gasteiger partial charge in [0, 0.05) is 30.7 Å². The smallest absolute Gasteiger partial charge is 0.211 e. The van der Waals surface area contributed by atoms with Crippen LogP contribution in [0.3, 0.4) is 0 Å². The molecule has 0 bridgehead atoms. The number of sulfonamides is 1. The minimum Gasteiger partial charge on any atom is -0.367 e. The van der Waals surface area contributed by atoms with E-state index in [0.29, 0.717) is 13.1 Å². The Morgan fingerprint density at radius 2 is 1.90 bits per heavy atom. The Morgan fingerprint density at radius 3 is 2.43 bits per heavy atom. The highest BCUT2D eigenvalue weighted by Crippen LogP contribution is 2.21. The summed E-state index contributed by atoms with van der Waals surface area (Å²) >= 11 is 0.